The maximum Gasteiger partial charge on any atom is 0.161 e. The molecule has 0 radical (unpaired) electrons. The number of benzene rings is 1. The first-order valence-electron chi connectivity index (χ1n) is 4.97. The topological polar surface area (TPSA) is 51.5 Å². The van der Waals surface area contributed by atoms with E-state index in [0.717, 1.165) is 5.56 Å². The second-order valence-electron chi connectivity index (χ2n) is 3.16. The van der Waals surface area contributed by atoms with Crippen molar-refractivity contribution < 1.29 is 14.2 Å². The van der Waals surface area contributed by atoms with Crippen molar-refractivity contribution in [2.24, 2.45) is 0 Å². The lowest BCUT2D eigenvalue weighted by Gasteiger charge is -2.11. The van der Waals surface area contributed by atoms with Gasteiger partial charge in [0.25, 0.3) is 0 Å². The predicted molar refractivity (Wildman–Crippen MR) is 59.7 cm³/mol. The highest BCUT2D eigenvalue weighted by Gasteiger charge is 2.05. The molecule has 0 atom stereocenters. The second-order valence-corrected chi connectivity index (χ2v) is 3.16. The van der Waals surface area contributed by atoms with Gasteiger partial charge in [-0.3, -0.25) is 0 Å². The Hall–Kier alpha value is -1.73. The lowest BCUT2D eigenvalue weighted by molar-refractivity contribution is 0.144. The molecule has 0 saturated heterocycles. The maximum absolute atomic E-state index is 8.59. The summed E-state index contributed by atoms with van der Waals surface area (Å²) < 4.78 is 15.5. The molecule has 1 aromatic rings. The van der Waals surface area contributed by atoms with Crippen molar-refractivity contribution in [3.05, 3.63) is 23.8 Å². The van der Waals surface area contributed by atoms with Crippen molar-refractivity contribution in [2.45, 2.75) is 6.42 Å². The van der Waals surface area contributed by atoms with Gasteiger partial charge >= 0.3 is 0 Å². The normalized spacial score (nSPS) is 9.56. The van der Waals surface area contributed by atoms with Gasteiger partial charge in [-0.05, 0) is 17.7 Å². The average Bonchev–Trinajstić information content (AvgIpc) is 2.31. The fourth-order valence-electron chi connectivity index (χ4n) is 1.27. The summed E-state index contributed by atoms with van der Waals surface area (Å²) in [6.45, 7) is 1.01. The van der Waals surface area contributed by atoms with Crippen LogP contribution in [-0.2, 0) is 11.2 Å². The van der Waals surface area contributed by atoms with Crippen molar-refractivity contribution in [2.75, 3.05) is 27.4 Å². The Morgan fingerprint density at radius 3 is 2.62 bits per heavy atom. The molecule has 0 unspecified atom stereocenters. The highest BCUT2D eigenvalue weighted by Crippen LogP contribution is 2.28. The molecule has 16 heavy (non-hydrogen) atoms. The van der Waals surface area contributed by atoms with Crippen LogP contribution in [0.3, 0.4) is 0 Å². The highest BCUT2D eigenvalue weighted by molar-refractivity contribution is 5.43. The highest BCUT2D eigenvalue weighted by atomic mass is 16.5. The zero-order chi connectivity index (χ0) is 11.8. The molecule has 0 saturated carbocycles. The van der Waals surface area contributed by atoms with E-state index in [0.29, 0.717) is 31.1 Å². The monoisotopic (exact) mass is 221 g/mol. The molecule has 0 heterocycles. The quantitative estimate of drug-likeness (QED) is 0.687. The first-order valence-corrected chi connectivity index (χ1v) is 4.97. The Kier molecular flexibility index (Phi) is 5.17. The van der Waals surface area contributed by atoms with Crippen LogP contribution in [0.4, 0.5) is 0 Å². The molecule has 86 valence electrons. The molecule has 1 rings (SSSR count). The van der Waals surface area contributed by atoms with Crippen LogP contribution in [0.5, 0.6) is 11.5 Å². The number of rotatable bonds is 6. The SMILES string of the molecule is COCCOc1ccc(CC#N)cc1OC. The van der Waals surface area contributed by atoms with Gasteiger partial charge in [-0.2, -0.15) is 5.26 Å². The molecular formula is C12H15NO3. The van der Waals surface area contributed by atoms with Gasteiger partial charge in [0.15, 0.2) is 11.5 Å². The van der Waals surface area contributed by atoms with E-state index in [9.17, 15) is 0 Å². The lowest BCUT2D eigenvalue weighted by Crippen LogP contribution is -2.05. The summed E-state index contributed by atoms with van der Waals surface area (Å²) in [5.41, 5.74) is 0.915. The van der Waals surface area contributed by atoms with Gasteiger partial charge < -0.3 is 14.2 Å². The van der Waals surface area contributed by atoms with Crippen LogP contribution >= 0.6 is 0 Å². The van der Waals surface area contributed by atoms with E-state index >= 15 is 0 Å². The third kappa shape index (κ3) is 3.44. The van der Waals surface area contributed by atoms with E-state index < -0.39 is 0 Å². The van der Waals surface area contributed by atoms with Crippen LogP contribution < -0.4 is 9.47 Å². The molecule has 0 aromatic heterocycles. The number of nitrogens with zero attached hydrogens (tertiary/aromatic N) is 1. The lowest BCUT2D eigenvalue weighted by atomic mass is 10.1. The molecule has 1 aromatic carbocycles. The molecule has 0 aliphatic heterocycles. The van der Waals surface area contributed by atoms with Crippen molar-refractivity contribution in [3.8, 4) is 17.6 Å². The zero-order valence-corrected chi connectivity index (χ0v) is 9.53. The standard InChI is InChI=1S/C12H15NO3/c1-14-7-8-16-11-4-3-10(5-6-13)9-12(11)15-2/h3-4,9H,5,7-8H2,1-2H3. The number of ether oxygens (including phenoxy) is 3. The predicted octanol–water partition coefficient (Wildman–Crippen LogP) is 1.79. The smallest absolute Gasteiger partial charge is 0.161 e. The minimum Gasteiger partial charge on any atom is -0.493 e. The Morgan fingerprint density at radius 2 is 2.00 bits per heavy atom. The van der Waals surface area contributed by atoms with Gasteiger partial charge in [-0.25, -0.2) is 0 Å². The first-order chi connectivity index (χ1) is 7.81. The van der Waals surface area contributed by atoms with Crippen molar-refractivity contribution in [1.82, 2.24) is 0 Å². The molecule has 0 amide bonds. The van der Waals surface area contributed by atoms with E-state index in [4.69, 9.17) is 19.5 Å². The van der Waals surface area contributed by atoms with Crippen LogP contribution in [-0.4, -0.2) is 27.4 Å². The molecule has 0 fully saturated rings. The fraction of sp³-hybridized carbons (Fsp3) is 0.417. The van der Waals surface area contributed by atoms with Gasteiger partial charge in [0.1, 0.15) is 6.61 Å². The summed E-state index contributed by atoms with van der Waals surface area (Å²) in [6.07, 6.45) is 0.370. The van der Waals surface area contributed by atoms with Crippen LogP contribution in [0.15, 0.2) is 18.2 Å². The van der Waals surface area contributed by atoms with Gasteiger partial charge in [0.05, 0.1) is 26.2 Å². The summed E-state index contributed by atoms with van der Waals surface area (Å²) in [4.78, 5) is 0. The average molecular weight is 221 g/mol. The number of nitriles is 1. The van der Waals surface area contributed by atoms with Gasteiger partial charge in [0, 0.05) is 7.11 Å². The summed E-state index contributed by atoms with van der Waals surface area (Å²) in [6, 6.07) is 7.56. The fourth-order valence-corrected chi connectivity index (χ4v) is 1.27. The number of hydrogen-bond donors (Lipinski definition) is 0. The third-order valence-electron chi connectivity index (χ3n) is 2.06. The number of hydrogen-bond acceptors (Lipinski definition) is 4. The molecule has 0 N–H and O–H groups in total. The van der Waals surface area contributed by atoms with E-state index in [1.54, 1.807) is 20.3 Å². The van der Waals surface area contributed by atoms with E-state index in [1.807, 2.05) is 12.1 Å². The van der Waals surface area contributed by atoms with E-state index in [1.165, 1.54) is 0 Å². The van der Waals surface area contributed by atoms with Gasteiger partial charge in [-0.1, -0.05) is 6.07 Å². The second kappa shape index (κ2) is 6.70. The van der Waals surface area contributed by atoms with Crippen molar-refractivity contribution >= 4 is 0 Å². The molecule has 4 nitrogen and oxygen atoms in total. The van der Waals surface area contributed by atoms with Crippen LogP contribution in [0, 0.1) is 11.3 Å². The largest absolute Gasteiger partial charge is 0.493 e. The van der Waals surface area contributed by atoms with Gasteiger partial charge in [0.2, 0.25) is 0 Å². The Balaban J connectivity index is 2.73. The Morgan fingerprint density at radius 1 is 1.19 bits per heavy atom. The molecule has 0 bridgehead atoms. The Labute approximate surface area is 95.4 Å². The molecule has 0 aliphatic rings. The summed E-state index contributed by atoms with van der Waals surface area (Å²) in [5.74, 6) is 1.31. The first kappa shape index (κ1) is 12.3. The van der Waals surface area contributed by atoms with Gasteiger partial charge in [-0.15, -0.1) is 0 Å². The molecular weight excluding hydrogens is 206 g/mol. The maximum atomic E-state index is 8.59. The minimum atomic E-state index is 0.370. The van der Waals surface area contributed by atoms with Crippen LogP contribution in [0.2, 0.25) is 0 Å². The zero-order valence-electron chi connectivity index (χ0n) is 9.53. The number of methoxy groups -OCH3 is 2. The van der Waals surface area contributed by atoms with Crippen LogP contribution in [0.1, 0.15) is 5.56 Å². The van der Waals surface area contributed by atoms with E-state index in [-0.39, 0.29) is 0 Å². The Bertz CT molecular complexity index is 371. The molecule has 0 aliphatic carbocycles. The minimum absolute atomic E-state index is 0.370. The molecule has 4 heteroatoms. The summed E-state index contributed by atoms with van der Waals surface area (Å²) in [5, 5.41) is 8.59. The van der Waals surface area contributed by atoms with Crippen LogP contribution in [0.25, 0.3) is 0 Å². The van der Waals surface area contributed by atoms with Crippen molar-refractivity contribution in [1.29, 1.82) is 5.26 Å². The third-order valence-corrected chi connectivity index (χ3v) is 2.06. The van der Waals surface area contributed by atoms with E-state index in [2.05, 4.69) is 6.07 Å². The van der Waals surface area contributed by atoms with Crippen molar-refractivity contribution in [3.63, 3.8) is 0 Å². The molecule has 0 spiro atoms. The summed E-state index contributed by atoms with van der Waals surface area (Å²) >= 11 is 0. The summed E-state index contributed by atoms with van der Waals surface area (Å²) in [7, 11) is 3.20.